The second-order valence-electron chi connectivity index (χ2n) is 5.45. The summed E-state index contributed by atoms with van der Waals surface area (Å²) in [5.74, 6) is 0. The maximum atomic E-state index is 6.50. The van der Waals surface area contributed by atoms with E-state index in [0.717, 1.165) is 11.4 Å². The molecule has 21 heavy (non-hydrogen) atoms. The van der Waals surface area contributed by atoms with Gasteiger partial charge >= 0.3 is 0 Å². The lowest BCUT2D eigenvalue weighted by Crippen LogP contribution is -2.15. The number of benzene rings is 3. The summed E-state index contributed by atoms with van der Waals surface area (Å²) in [4.78, 5) is 0. The van der Waals surface area contributed by atoms with Gasteiger partial charge in [0.2, 0.25) is 0 Å². The molecular formula is C19H18ClN. The zero-order chi connectivity index (χ0) is 14.8. The molecule has 0 radical (unpaired) electrons. The molecule has 0 aliphatic carbocycles. The van der Waals surface area contributed by atoms with Crippen LogP contribution in [-0.2, 0) is 6.42 Å². The molecule has 0 amide bonds. The summed E-state index contributed by atoms with van der Waals surface area (Å²) >= 11 is 5.94. The first kappa shape index (κ1) is 14.1. The number of aryl methyl sites for hydroxylation is 1. The van der Waals surface area contributed by atoms with Crippen LogP contribution in [0.25, 0.3) is 10.8 Å². The van der Waals surface area contributed by atoms with Crippen molar-refractivity contribution in [3.05, 3.63) is 82.4 Å². The molecule has 3 aromatic rings. The number of nitrogens with two attached hydrogens (primary N) is 1. The Morgan fingerprint density at radius 3 is 2.43 bits per heavy atom. The van der Waals surface area contributed by atoms with Gasteiger partial charge in [-0.25, -0.2) is 0 Å². The van der Waals surface area contributed by atoms with Gasteiger partial charge < -0.3 is 5.73 Å². The van der Waals surface area contributed by atoms with Crippen LogP contribution in [0, 0.1) is 6.92 Å². The Kier molecular flexibility index (Phi) is 3.96. The topological polar surface area (TPSA) is 26.0 Å². The van der Waals surface area contributed by atoms with E-state index in [-0.39, 0.29) is 6.04 Å². The van der Waals surface area contributed by atoms with Gasteiger partial charge in [0.25, 0.3) is 0 Å². The minimum atomic E-state index is -0.0164. The number of halogens is 1. The SMILES string of the molecule is Cc1ccc2ccccc2c1C(N)Cc1ccc(Cl)cc1. The van der Waals surface area contributed by atoms with Gasteiger partial charge in [0, 0.05) is 11.1 Å². The Bertz CT molecular complexity index is 762. The summed E-state index contributed by atoms with van der Waals surface area (Å²) < 4.78 is 0. The molecule has 0 saturated heterocycles. The fraction of sp³-hybridized carbons (Fsp3) is 0.158. The van der Waals surface area contributed by atoms with Crippen LogP contribution in [0.3, 0.4) is 0 Å². The van der Waals surface area contributed by atoms with Crippen LogP contribution in [0.4, 0.5) is 0 Å². The zero-order valence-corrected chi connectivity index (χ0v) is 12.8. The van der Waals surface area contributed by atoms with Crippen LogP contribution in [0.2, 0.25) is 5.02 Å². The summed E-state index contributed by atoms with van der Waals surface area (Å²) in [5.41, 5.74) is 10.2. The molecule has 1 atom stereocenters. The molecule has 2 heteroatoms. The lowest BCUT2D eigenvalue weighted by Gasteiger charge is -2.18. The fourth-order valence-corrected chi connectivity index (χ4v) is 3.00. The monoisotopic (exact) mass is 295 g/mol. The summed E-state index contributed by atoms with van der Waals surface area (Å²) in [6.07, 6.45) is 0.812. The highest BCUT2D eigenvalue weighted by Gasteiger charge is 2.13. The smallest absolute Gasteiger partial charge is 0.0406 e. The Morgan fingerprint density at radius 2 is 1.67 bits per heavy atom. The summed E-state index contributed by atoms with van der Waals surface area (Å²) in [6.45, 7) is 2.13. The van der Waals surface area contributed by atoms with E-state index < -0.39 is 0 Å². The van der Waals surface area contributed by atoms with Gasteiger partial charge in [-0.2, -0.15) is 0 Å². The molecular weight excluding hydrogens is 278 g/mol. The van der Waals surface area contributed by atoms with Crippen molar-refractivity contribution in [2.24, 2.45) is 5.73 Å². The van der Waals surface area contributed by atoms with E-state index in [0.29, 0.717) is 0 Å². The van der Waals surface area contributed by atoms with Crippen LogP contribution in [0.5, 0.6) is 0 Å². The molecule has 0 heterocycles. The largest absolute Gasteiger partial charge is 0.324 e. The van der Waals surface area contributed by atoms with Gasteiger partial charge in [0.15, 0.2) is 0 Å². The normalized spacial score (nSPS) is 12.5. The van der Waals surface area contributed by atoms with Crippen molar-refractivity contribution < 1.29 is 0 Å². The number of rotatable bonds is 3. The maximum absolute atomic E-state index is 6.50. The third-order valence-corrected chi connectivity index (χ3v) is 4.18. The van der Waals surface area contributed by atoms with Crippen molar-refractivity contribution in [2.45, 2.75) is 19.4 Å². The van der Waals surface area contributed by atoms with Gasteiger partial charge in [-0.05, 0) is 52.9 Å². The van der Waals surface area contributed by atoms with E-state index in [9.17, 15) is 0 Å². The van der Waals surface area contributed by atoms with Crippen LogP contribution in [-0.4, -0.2) is 0 Å². The van der Waals surface area contributed by atoms with Gasteiger partial charge in [-0.1, -0.05) is 60.1 Å². The highest BCUT2D eigenvalue weighted by molar-refractivity contribution is 6.30. The minimum Gasteiger partial charge on any atom is -0.324 e. The first-order chi connectivity index (χ1) is 10.1. The lowest BCUT2D eigenvalue weighted by atomic mass is 9.91. The van der Waals surface area contributed by atoms with Crippen LogP contribution >= 0.6 is 11.6 Å². The van der Waals surface area contributed by atoms with Crippen molar-refractivity contribution >= 4 is 22.4 Å². The summed E-state index contributed by atoms with van der Waals surface area (Å²) in [6, 6.07) is 20.6. The molecule has 0 bridgehead atoms. The standard InChI is InChI=1S/C19H18ClN/c1-13-6-9-15-4-2-3-5-17(15)19(13)18(21)12-14-7-10-16(20)11-8-14/h2-11,18H,12,21H2,1H3. The Hall–Kier alpha value is -1.83. The molecule has 0 spiro atoms. The molecule has 3 rings (SSSR count). The summed E-state index contributed by atoms with van der Waals surface area (Å²) in [7, 11) is 0. The molecule has 0 aliphatic heterocycles. The van der Waals surface area contributed by atoms with E-state index >= 15 is 0 Å². The van der Waals surface area contributed by atoms with E-state index in [1.54, 1.807) is 0 Å². The zero-order valence-electron chi connectivity index (χ0n) is 12.0. The molecule has 106 valence electrons. The molecule has 0 aliphatic rings. The Labute approximate surface area is 130 Å². The predicted octanol–water partition coefficient (Wildman–Crippen LogP) is 5.04. The fourth-order valence-electron chi connectivity index (χ4n) is 2.87. The van der Waals surface area contributed by atoms with Crippen LogP contribution in [0.1, 0.15) is 22.7 Å². The number of hydrogen-bond acceptors (Lipinski definition) is 1. The average molecular weight is 296 g/mol. The average Bonchev–Trinajstić information content (AvgIpc) is 2.49. The van der Waals surface area contributed by atoms with Crippen molar-refractivity contribution in [3.63, 3.8) is 0 Å². The van der Waals surface area contributed by atoms with E-state index in [4.69, 9.17) is 17.3 Å². The molecule has 1 nitrogen and oxygen atoms in total. The van der Waals surface area contributed by atoms with Crippen LogP contribution in [0.15, 0.2) is 60.7 Å². The van der Waals surface area contributed by atoms with E-state index in [1.807, 2.05) is 24.3 Å². The maximum Gasteiger partial charge on any atom is 0.0406 e. The van der Waals surface area contributed by atoms with Crippen LogP contribution < -0.4 is 5.73 Å². The van der Waals surface area contributed by atoms with E-state index in [2.05, 4.69) is 43.3 Å². The predicted molar refractivity (Wildman–Crippen MR) is 90.8 cm³/mol. The summed E-state index contributed by atoms with van der Waals surface area (Å²) in [5, 5.41) is 3.25. The molecule has 1 unspecified atom stereocenters. The van der Waals surface area contributed by atoms with Gasteiger partial charge in [0.1, 0.15) is 0 Å². The third-order valence-electron chi connectivity index (χ3n) is 3.93. The number of hydrogen-bond donors (Lipinski definition) is 1. The second kappa shape index (κ2) is 5.88. The van der Waals surface area contributed by atoms with Crippen molar-refractivity contribution in [2.75, 3.05) is 0 Å². The number of fused-ring (bicyclic) bond motifs is 1. The van der Waals surface area contributed by atoms with Crippen molar-refractivity contribution in [1.29, 1.82) is 0 Å². The minimum absolute atomic E-state index is 0.0164. The quantitative estimate of drug-likeness (QED) is 0.719. The third kappa shape index (κ3) is 2.94. The first-order valence-electron chi connectivity index (χ1n) is 7.13. The van der Waals surface area contributed by atoms with Crippen molar-refractivity contribution in [3.8, 4) is 0 Å². The first-order valence-corrected chi connectivity index (χ1v) is 7.51. The lowest BCUT2D eigenvalue weighted by molar-refractivity contribution is 0.723. The molecule has 0 aromatic heterocycles. The highest BCUT2D eigenvalue weighted by Crippen LogP contribution is 2.28. The van der Waals surface area contributed by atoms with Gasteiger partial charge in [0.05, 0.1) is 0 Å². The molecule has 0 fully saturated rings. The van der Waals surface area contributed by atoms with Crippen molar-refractivity contribution in [1.82, 2.24) is 0 Å². The van der Waals surface area contributed by atoms with Gasteiger partial charge in [-0.15, -0.1) is 0 Å². The highest BCUT2D eigenvalue weighted by atomic mass is 35.5. The molecule has 2 N–H and O–H groups in total. The van der Waals surface area contributed by atoms with Gasteiger partial charge in [-0.3, -0.25) is 0 Å². The Balaban J connectivity index is 1.99. The van der Waals surface area contributed by atoms with E-state index in [1.165, 1.54) is 27.5 Å². The second-order valence-corrected chi connectivity index (χ2v) is 5.89. The Morgan fingerprint density at radius 1 is 0.952 bits per heavy atom. The molecule has 3 aromatic carbocycles. The molecule has 0 saturated carbocycles.